The van der Waals surface area contributed by atoms with Crippen LogP contribution in [0.2, 0.25) is 0 Å². The van der Waals surface area contributed by atoms with Gasteiger partial charge in [-0.05, 0) is 130 Å². The second kappa shape index (κ2) is 27.8. The van der Waals surface area contributed by atoms with Gasteiger partial charge in [0.1, 0.15) is 22.7 Å². The molecule has 2 aliphatic heterocycles. The molecular formula is C76H78F2N2O6S6. The van der Waals surface area contributed by atoms with E-state index >= 15 is 18.4 Å². The van der Waals surface area contributed by atoms with E-state index in [0.29, 0.717) is 81.4 Å². The summed E-state index contributed by atoms with van der Waals surface area (Å²) in [5.74, 6) is 1.41. The van der Waals surface area contributed by atoms with Gasteiger partial charge in [0.2, 0.25) is 0 Å². The van der Waals surface area contributed by atoms with Crippen LogP contribution in [-0.4, -0.2) is 46.5 Å². The Morgan fingerprint density at radius 1 is 0.467 bits per heavy atom. The summed E-state index contributed by atoms with van der Waals surface area (Å²) in [6, 6.07) is 23.3. The lowest BCUT2D eigenvalue weighted by atomic mass is 9.95. The minimum Gasteiger partial charge on any atom is -0.461 e. The summed E-state index contributed by atoms with van der Waals surface area (Å²) in [7, 11) is 0. The molecule has 2 aromatic carbocycles. The fourth-order valence-electron chi connectivity index (χ4n) is 13.5. The first-order valence-corrected chi connectivity index (χ1v) is 37.8. The number of terminal acetylenes is 1. The highest BCUT2D eigenvalue weighted by molar-refractivity contribution is 7.26. The molecule has 478 valence electrons. The SMILES string of the molecule is C#CC(CC)CN1C(=O)c2c(-c3cc4c(-c5ccc(CC(CC)CCCC)s5)c5oc(C)cc5c(-c5ccc(CC(CC)CCCC)s5)c4o3)sc(-c3ccc(-c4ccc(-c5ccc(-c6sc(C)c7c6C(=O)N(CC(CC)CCCC)C7=O)s5)c(F)c4F)s3)c2C1=O. The highest BCUT2D eigenvalue weighted by Gasteiger charge is 2.45. The highest BCUT2D eigenvalue weighted by Crippen LogP contribution is 2.55. The fraction of sp³-hybridized carbons (Fsp3) is 0.395. The number of nitrogens with zero attached hydrogens (tertiary/aromatic N) is 2. The number of carbonyl (C=O) groups excluding carboxylic acids is 4. The molecule has 10 aromatic rings. The van der Waals surface area contributed by atoms with Crippen LogP contribution >= 0.6 is 68.0 Å². The molecule has 0 N–H and O–H groups in total. The normalized spacial score (nSPS) is 14.6. The smallest absolute Gasteiger partial charge is 0.263 e. The van der Waals surface area contributed by atoms with Crippen molar-refractivity contribution in [1.29, 1.82) is 0 Å². The number of amides is 4. The van der Waals surface area contributed by atoms with Crippen LogP contribution in [-0.2, 0) is 12.8 Å². The van der Waals surface area contributed by atoms with Crippen LogP contribution in [0.5, 0.6) is 0 Å². The first kappa shape index (κ1) is 65.5. The van der Waals surface area contributed by atoms with Gasteiger partial charge in [0, 0.05) is 95.9 Å². The number of furan rings is 2. The van der Waals surface area contributed by atoms with Crippen LogP contribution in [0.15, 0.2) is 81.6 Å². The molecule has 4 amide bonds. The van der Waals surface area contributed by atoms with Crippen LogP contribution in [0.1, 0.15) is 194 Å². The van der Waals surface area contributed by atoms with Gasteiger partial charge in [-0.1, -0.05) is 119 Å². The average Bonchev–Trinajstić information content (AvgIpc) is 1.55. The van der Waals surface area contributed by atoms with E-state index in [4.69, 9.17) is 15.3 Å². The fourth-order valence-corrected chi connectivity index (χ4v) is 20.5. The van der Waals surface area contributed by atoms with Gasteiger partial charge >= 0.3 is 0 Å². The summed E-state index contributed by atoms with van der Waals surface area (Å²) in [6.45, 7) is 19.5. The van der Waals surface area contributed by atoms with Gasteiger partial charge in [-0.15, -0.1) is 80.4 Å². The Morgan fingerprint density at radius 3 is 1.42 bits per heavy atom. The molecule has 8 aromatic heterocycles. The minimum atomic E-state index is -1.04. The molecule has 92 heavy (non-hydrogen) atoms. The number of unbranched alkanes of at least 4 members (excludes halogenated alkanes) is 3. The lowest BCUT2D eigenvalue weighted by Crippen LogP contribution is -2.34. The lowest BCUT2D eigenvalue weighted by Gasteiger charge is -2.21. The molecule has 10 heterocycles. The first-order chi connectivity index (χ1) is 44.6. The van der Waals surface area contributed by atoms with E-state index < -0.39 is 23.4 Å². The van der Waals surface area contributed by atoms with Crippen LogP contribution < -0.4 is 0 Å². The number of thiophene rings is 6. The molecule has 16 heteroatoms. The number of hydrogen-bond acceptors (Lipinski definition) is 12. The van der Waals surface area contributed by atoms with Crippen molar-refractivity contribution in [2.24, 2.45) is 23.7 Å². The maximum atomic E-state index is 16.9. The van der Waals surface area contributed by atoms with E-state index in [-0.39, 0.29) is 52.4 Å². The quantitative estimate of drug-likeness (QED) is 0.0358. The second-order valence-corrected chi connectivity index (χ2v) is 31.7. The van der Waals surface area contributed by atoms with E-state index in [0.717, 1.165) is 112 Å². The molecule has 0 fully saturated rings. The van der Waals surface area contributed by atoms with Crippen molar-refractivity contribution in [1.82, 2.24) is 9.80 Å². The van der Waals surface area contributed by atoms with Gasteiger partial charge in [0.25, 0.3) is 23.6 Å². The Hall–Kier alpha value is -6.58. The summed E-state index contributed by atoms with van der Waals surface area (Å²) in [5.41, 5.74) is 4.65. The number of benzene rings is 2. The van der Waals surface area contributed by atoms with Crippen molar-refractivity contribution in [3.8, 4) is 84.3 Å². The van der Waals surface area contributed by atoms with E-state index in [9.17, 15) is 9.59 Å². The predicted octanol–water partition coefficient (Wildman–Crippen LogP) is 23.7. The average molecular weight is 1350 g/mol. The van der Waals surface area contributed by atoms with Crippen molar-refractivity contribution in [2.75, 3.05) is 13.1 Å². The molecule has 4 atom stereocenters. The highest BCUT2D eigenvalue weighted by atomic mass is 32.1. The third-order valence-electron chi connectivity index (χ3n) is 18.9. The minimum absolute atomic E-state index is 0.0333. The van der Waals surface area contributed by atoms with E-state index in [1.165, 1.54) is 90.6 Å². The summed E-state index contributed by atoms with van der Waals surface area (Å²) in [5, 5.41) is 1.78. The third-order valence-corrected chi connectivity index (χ3v) is 26.1. The zero-order chi connectivity index (χ0) is 64.8. The molecule has 0 bridgehead atoms. The number of carbonyl (C=O) groups is 4. The van der Waals surface area contributed by atoms with Crippen LogP contribution in [0, 0.1) is 61.5 Å². The van der Waals surface area contributed by atoms with Crippen molar-refractivity contribution in [3.05, 3.63) is 127 Å². The summed E-state index contributed by atoms with van der Waals surface area (Å²) in [4.78, 5) is 70.0. The second-order valence-electron chi connectivity index (χ2n) is 25.0. The van der Waals surface area contributed by atoms with Gasteiger partial charge < -0.3 is 8.83 Å². The Kier molecular flexibility index (Phi) is 19.8. The molecule has 0 aliphatic carbocycles. The maximum absolute atomic E-state index is 16.9. The van der Waals surface area contributed by atoms with Gasteiger partial charge in [-0.2, -0.15) is 0 Å². The monoisotopic (exact) mass is 1340 g/mol. The molecule has 0 radical (unpaired) electrons. The lowest BCUT2D eigenvalue weighted by molar-refractivity contribution is 0.0615. The summed E-state index contributed by atoms with van der Waals surface area (Å²) >= 11 is 8.69. The maximum Gasteiger partial charge on any atom is 0.263 e. The van der Waals surface area contributed by atoms with Gasteiger partial charge in [0.05, 0.1) is 36.9 Å². The van der Waals surface area contributed by atoms with Crippen molar-refractivity contribution < 1.29 is 36.8 Å². The number of hydrogen-bond donors (Lipinski definition) is 0. The van der Waals surface area contributed by atoms with E-state index in [1.807, 2.05) is 32.9 Å². The molecule has 0 saturated heterocycles. The van der Waals surface area contributed by atoms with Crippen molar-refractivity contribution in [3.63, 3.8) is 0 Å². The van der Waals surface area contributed by atoms with Gasteiger partial charge in [-0.25, -0.2) is 8.78 Å². The predicted molar refractivity (Wildman–Crippen MR) is 381 cm³/mol. The first-order valence-electron chi connectivity index (χ1n) is 32.9. The number of fused-ring (bicyclic) bond motifs is 4. The molecule has 2 aliphatic rings. The number of imide groups is 2. The van der Waals surface area contributed by atoms with E-state index in [2.05, 4.69) is 77.8 Å². The molecule has 4 unspecified atom stereocenters. The molecule has 0 spiro atoms. The molecular weight excluding hydrogens is 1270 g/mol. The van der Waals surface area contributed by atoms with Crippen LogP contribution in [0.25, 0.3) is 93.8 Å². The topological polar surface area (TPSA) is 101 Å². The standard InChI is InChI=1S/C76H78F2N2O6S6/c1-11-19-22-44(16-6)36-47-25-29-56(88-47)61-51-35-41(9)85-68(51)62(57-30-26-48(89-57)37-45(17-7)23-20-12-2)52-38-53(86-69(52)61)70-64-65(76(84)79(75(64)83)39-43(14-4)15-5)72(92-70)59-34-32-55(91-59)50-28-27-49(66(77)67(50)78)54-31-33-58(90-54)71-63-60(42(10)87-71)73(81)80(74(63)82)40-46(18-8)24-21-13-3/h4,25-35,38,43-46H,11-13,15-24,36-37,39-40H2,1-3,5-10H3. The number of halogens is 2. The van der Waals surface area contributed by atoms with Gasteiger partial charge in [-0.3, -0.25) is 29.0 Å². The molecule has 8 nitrogen and oxygen atoms in total. The van der Waals surface area contributed by atoms with Crippen LogP contribution in [0.3, 0.4) is 0 Å². The van der Waals surface area contributed by atoms with Crippen molar-refractivity contribution in [2.45, 2.75) is 159 Å². The third kappa shape index (κ3) is 12.1. The summed E-state index contributed by atoms with van der Waals surface area (Å²) < 4.78 is 47.8. The Morgan fingerprint density at radius 2 is 0.913 bits per heavy atom. The zero-order valence-electron chi connectivity index (χ0n) is 53.9. The number of rotatable bonds is 28. The summed E-state index contributed by atoms with van der Waals surface area (Å²) in [6.07, 6.45) is 21.7. The zero-order valence-corrected chi connectivity index (χ0v) is 58.8. The number of aryl methyl sites for hydroxylation is 2. The molecule has 12 rings (SSSR count). The Balaban J connectivity index is 0.938. The van der Waals surface area contributed by atoms with Gasteiger partial charge in [0.15, 0.2) is 11.6 Å². The van der Waals surface area contributed by atoms with E-state index in [1.54, 1.807) is 53.0 Å². The van der Waals surface area contributed by atoms with Crippen molar-refractivity contribution >= 4 is 114 Å². The Bertz CT molecular complexity index is 4380. The largest absolute Gasteiger partial charge is 0.461 e. The van der Waals surface area contributed by atoms with Crippen LogP contribution in [0.4, 0.5) is 8.78 Å². The Labute approximate surface area is 562 Å². The molecule has 0 saturated carbocycles.